The van der Waals surface area contributed by atoms with E-state index in [2.05, 4.69) is 15.5 Å². The van der Waals surface area contributed by atoms with Gasteiger partial charge in [0.05, 0.1) is 10.6 Å². The minimum absolute atomic E-state index is 0.0395. The quantitative estimate of drug-likeness (QED) is 0.772. The van der Waals surface area contributed by atoms with Gasteiger partial charge in [-0.1, -0.05) is 41.0 Å². The van der Waals surface area contributed by atoms with Crippen molar-refractivity contribution in [1.29, 1.82) is 0 Å². The Morgan fingerprint density at radius 2 is 1.84 bits per heavy atom. The largest absolute Gasteiger partial charge is 0.485 e. The topological polar surface area (TPSA) is 86.5 Å². The highest BCUT2D eigenvalue weighted by Crippen LogP contribution is 2.35. The molecule has 3 aromatic rings. The first-order valence-corrected chi connectivity index (χ1v) is 7.86. The molecule has 0 saturated carbocycles. The van der Waals surface area contributed by atoms with Gasteiger partial charge in [-0.05, 0) is 24.3 Å². The second-order valence-corrected chi connectivity index (χ2v) is 5.65. The standard InChI is InChI=1S/C17H12ClN3O4/c18-11-6-2-1-5-10(11)15(22)19-17-21-20-16(25-17)14-9-23-12-7-3-4-8-13(12)24-14/h1-8,14H,9H2,(H,19,21,22)/t14-/m1/s1. The lowest BCUT2D eigenvalue weighted by Gasteiger charge is -2.23. The van der Waals surface area contributed by atoms with E-state index in [-0.39, 0.29) is 18.5 Å². The zero-order valence-corrected chi connectivity index (χ0v) is 13.6. The van der Waals surface area contributed by atoms with Crippen LogP contribution < -0.4 is 14.8 Å². The molecule has 0 aliphatic carbocycles. The van der Waals surface area contributed by atoms with Crippen molar-refractivity contribution < 1.29 is 18.7 Å². The smallest absolute Gasteiger partial charge is 0.322 e. The number of ether oxygens (including phenoxy) is 2. The van der Waals surface area contributed by atoms with E-state index in [0.29, 0.717) is 22.1 Å². The zero-order chi connectivity index (χ0) is 17.2. The summed E-state index contributed by atoms with van der Waals surface area (Å²) < 4.78 is 16.9. The summed E-state index contributed by atoms with van der Waals surface area (Å²) in [5.41, 5.74) is 0.315. The molecule has 0 unspecified atom stereocenters. The predicted molar refractivity (Wildman–Crippen MR) is 89.0 cm³/mol. The average Bonchev–Trinajstić information content (AvgIpc) is 3.10. The van der Waals surface area contributed by atoms with Crippen molar-refractivity contribution in [3.05, 3.63) is 65.0 Å². The molecule has 1 amide bonds. The molecule has 1 aliphatic rings. The SMILES string of the molecule is O=C(Nc1nnc([C@H]2COc3ccccc3O2)o1)c1ccccc1Cl. The zero-order valence-electron chi connectivity index (χ0n) is 12.8. The van der Waals surface area contributed by atoms with Gasteiger partial charge in [0.25, 0.3) is 11.8 Å². The van der Waals surface area contributed by atoms with Gasteiger partial charge < -0.3 is 13.9 Å². The molecule has 1 atom stereocenters. The van der Waals surface area contributed by atoms with Gasteiger partial charge in [0.1, 0.15) is 6.61 Å². The lowest BCUT2D eigenvalue weighted by molar-refractivity contribution is 0.0716. The second kappa shape index (κ2) is 6.45. The Balaban J connectivity index is 1.48. The number of nitrogens with one attached hydrogen (secondary N) is 1. The number of hydrogen-bond donors (Lipinski definition) is 1. The van der Waals surface area contributed by atoms with Crippen LogP contribution in [0.3, 0.4) is 0 Å². The number of carbonyl (C=O) groups excluding carboxylic acids is 1. The van der Waals surface area contributed by atoms with E-state index >= 15 is 0 Å². The first-order valence-electron chi connectivity index (χ1n) is 7.48. The summed E-state index contributed by atoms with van der Waals surface area (Å²) in [7, 11) is 0. The lowest BCUT2D eigenvalue weighted by atomic mass is 10.2. The minimum atomic E-state index is -0.548. The van der Waals surface area contributed by atoms with Crippen molar-refractivity contribution in [3.63, 3.8) is 0 Å². The number of amides is 1. The van der Waals surface area contributed by atoms with E-state index in [9.17, 15) is 4.79 Å². The second-order valence-electron chi connectivity index (χ2n) is 5.24. The molecule has 2 heterocycles. The summed E-state index contributed by atoms with van der Waals surface area (Å²) in [6.45, 7) is 0.233. The maximum atomic E-state index is 12.2. The number of hydrogen-bond acceptors (Lipinski definition) is 6. The Morgan fingerprint density at radius 3 is 2.68 bits per heavy atom. The number of para-hydroxylation sites is 2. The van der Waals surface area contributed by atoms with Crippen molar-refractivity contribution in [2.24, 2.45) is 0 Å². The van der Waals surface area contributed by atoms with Crippen molar-refractivity contribution >= 4 is 23.5 Å². The number of fused-ring (bicyclic) bond motifs is 1. The van der Waals surface area contributed by atoms with E-state index in [4.69, 9.17) is 25.5 Å². The van der Waals surface area contributed by atoms with Gasteiger partial charge >= 0.3 is 6.01 Å². The van der Waals surface area contributed by atoms with Crippen molar-refractivity contribution in [2.75, 3.05) is 11.9 Å². The van der Waals surface area contributed by atoms with Crippen LogP contribution in [0.25, 0.3) is 0 Å². The Kier molecular flexibility index (Phi) is 3.99. The first-order chi connectivity index (χ1) is 12.2. The number of aromatic nitrogens is 2. The Morgan fingerprint density at radius 1 is 1.08 bits per heavy atom. The highest BCUT2D eigenvalue weighted by molar-refractivity contribution is 6.34. The third-order valence-electron chi connectivity index (χ3n) is 3.56. The number of nitrogens with zero attached hydrogens (tertiary/aromatic N) is 2. The molecule has 0 fully saturated rings. The van der Waals surface area contributed by atoms with Crippen LogP contribution >= 0.6 is 11.6 Å². The number of rotatable bonds is 3. The van der Waals surface area contributed by atoms with Gasteiger partial charge in [-0.3, -0.25) is 10.1 Å². The first kappa shape index (κ1) is 15.5. The van der Waals surface area contributed by atoms with Crippen LogP contribution in [-0.4, -0.2) is 22.7 Å². The predicted octanol–water partition coefficient (Wildman–Crippen LogP) is 3.49. The fraction of sp³-hybridized carbons (Fsp3) is 0.118. The fourth-order valence-electron chi connectivity index (χ4n) is 2.37. The Bertz CT molecular complexity index is 928. The van der Waals surface area contributed by atoms with Crippen LogP contribution in [0.4, 0.5) is 6.01 Å². The van der Waals surface area contributed by atoms with E-state index in [1.54, 1.807) is 30.3 Å². The van der Waals surface area contributed by atoms with E-state index in [0.717, 1.165) is 0 Å². The molecule has 1 N–H and O–H groups in total. The third kappa shape index (κ3) is 3.14. The molecule has 7 nitrogen and oxygen atoms in total. The van der Waals surface area contributed by atoms with Crippen LogP contribution in [0.2, 0.25) is 5.02 Å². The number of anilines is 1. The van der Waals surface area contributed by atoms with Gasteiger partial charge in [-0.2, -0.15) is 0 Å². The minimum Gasteiger partial charge on any atom is -0.485 e. The van der Waals surface area contributed by atoms with Gasteiger partial charge in [0.15, 0.2) is 11.5 Å². The van der Waals surface area contributed by atoms with E-state index in [1.807, 2.05) is 18.2 Å². The highest BCUT2D eigenvalue weighted by atomic mass is 35.5. The van der Waals surface area contributed by atoms with Gasteiger partial charge in [-0.25, -0.2) is 0 Å². The maximum absolute atomic E-state index is 12.2. The average molecular weight is 358 g/mol. The van der Waals surface area contributed by atoms with Crippen LogP contribution in [-0.2, 0) is 0 Å². The van der Waals surface area contributed by atoms with Gasteiger partial charge in [-0.15, -0.1) is 5.10 Å². The fourth-order valence-corrected chi connectivity index (χ4v) is 2.59. The lowest BCUT2D eigenvalue weighted by Crippen LogP contribution is -2.21. The Hall–Kier alpha value is -3.06. The molecular formula is C17H12ClN3O4. The molecule has 1 aromatic heterocycles. The van der Waals surface area contributed by atoms with Crippen molar-refractivity contribution in [3.8, 4) is 11.5 Å². The van der Waals surface area contributed by atoms with Crippen LogP contribution in [0.5, 0.6) is 11.5 Å². The summed E-state index contributed by atoms with van der Waals surface area (Å²) in [5, 5.41) is 10.6. The number of carbonyl (C=O) groups is 1. The molecule has 8 heteroatoms. The summed E-state index contributed by atoms with van der Waals surface area (Å²) in [4.78, 5) is 12.2. The molecule has 2 aromatic carbocycles. The highest BCUT2D eigenvalue weighted by Gasteiger charge is 2.27. The molecule has 0 bridgehead atoms. The molecule has 0 spiro atoms. The monoisotopic (exact) mass is 357 g/mol. The normalized spacial score (nSPS) is 15.6. The summed E-state index contributed by atoms with van der Waals surface area (Å²) in [5.74, 6) is 1.03. The number of benzene rings is 2. The molecule has 126 valence electrons. The van der Waals surface area contributed by atoms with Crippen molar-refractivity contribution in [2.45, 2.75) is 6.10 Å². The molecule has 25 heavy (non-hydrogen) atoms. The molecule has 1 aliphatic heterocycles. The molecular weight excluding hydrogens is 346 g/mol. The van der Waals surface area contributed by atoms with E-state index in [1.165, 1.54) is 0 Å². The molecule has 0 radical (unpaired) electrons. The van der Waals surface area contributed by atoms with E-state index < -0.39 is 12.0 Å². The molecule has 4 rings (SSSR count). The summed E-state index contributed by atoms with van der Waals surface area (Å²) >= 11 is 6.00. The summed E-state index contributed by atoms with van der Waals surface area (Å²) in [6, 6.07) is 13.9. The third-order valence-corrected chi connectivity index (χ3v) is 3.89. The molecule has 0 saturated heterocycles. The van der Waals surface area contributed by atoms with Crippen LogP contribution in [0.15, 0.2) is 52.9 Å². The maximum Gasteiger partial charge on any atom is 0.322 e. The van der Waals surface area contributed by atoms with Gasteiger partial charge in [0, 0.05) is 0 Å². The Labute approximate surface area is 147 Å². The van der Waals surface area contributed by atoms with Crippen LogP contribution in [0.1, 0.15) is 22.4 Å². The number of halogens is 1. The van der Waals surface area contributed by atoms with Crippen LogP contribution in [0, 0.1) is 0 Å². The van der Waals surface area contributed by atoms with Gasteiger partial charge in [0.2, 0.25) is 6.10 Å². The summed E-state index contributed by atoms with van der Waals surface area (Å²) in [6.07, 6.45) is -0.548. The van der Waals surface area contributed by atoms with Crippen molar-refractivity contribution in [1.82, 2.24) is 10.2 Å².